The van der Waals surface area contributed by atoms with Gasteiger partial charge in [0.15, 0.2) is 0 Å². The zero-order valence-electron chi connectivity index (χ0n) is 9.91. The van der Waals surface area contributed by atoms with E-state index >= 15 is 0 Å². The summed E-state index contributed by atoms with van der Waals surface area (Å²) in [4.78, 5) is 10.3. The summed E-state index contributed by atoms with van der Waals surface area (Å²) >= 11 is 0. The van der Waals surface area contributed by atoms with Crippen LogP contribution in [0.2, 0.25) is 0 Å². The SMILES string of the molecule is Cc1cc([C@@H](O)c2ccccc2)ccc1[N+](=O)[O-]. The van der Waals surface area contributed by atoms with Gasteiger partial charge >= 0.3 is 0 Å². The van der Waals surface area contributed by atoms with Crippen LogP contribution in [-0.2, 0) is 0 Å². The van der Waals surface area contributed by atoms with Crippen molar-refractivity contribution in [3.05, 3.63) is 75.3 Å². The fraction of sp³-hybridized carbons (Fsp3) is 0.143. The summed E-state index contributed by atoms with van der Waals surface area (Å²) < 4.78 is 0. The van der Waals surface area contributed by atoms with E-state index in [0.717, 1.165) is 5.56 Å². The fourth-order valence-corrected chi connectivity index (χ4v) is 1.88. The van der Waals surface area contributed by atoms with Crippen molar-refractivity contribution in [3.63, 3.8) is 0 Å². The molecule has 4 heteroatoms. The number of rotatable bonds is 3. The maximum Gasteiger partial charge on any atom is 0.272 e. The maximum absolute atomic E-state index is 10.7. The lowest BCUT2D eigenvalue weighted by Crippen LogP contribution is -2.01. The van der Waals surface area contributed by atoms with Gasteiger partial charge in [-0.05, 0) is 30.2 Å². The van der Waals surface area contributed by atoms with Crippen molar-refractivity contribution in [2.75, 3.05) is 0 Å². The predicted molar refractivity (Wildman–Crippen MR) is 68.3 cm³/mol. The van der Waals surface area contributed by atoms with Crippen LogP contribution in [0.1, 0.15) is 22.8 Å². The van der Waals surface area contributed by atoms with Crippen LogP contribution in [0.3, 0.4) is 0 Å². The van der Waals surface area contributed by atoms with Gasteiger partial charge in [-0.3, -0.25) is 10.1 Å². The number of nitrogens with zero attached hydrogens (tertiary/aromatic N) is 1. The minimum Gasteiger partial charge on any atom is -0.384 e. The molecule has 0 aliphatic heterocycles. The molecule has 0 aliphatic rings. The molecule has 0 aromatic heterocycles. The highest BCUT2D eigenvalue weighted by Crippen LogP contribution is 2.26. The lowest BCUT2D eigenvalue weighted by atomic mass is 9.99. The first kappa shape index (κ1) is 12.3. The normalized spacial score (nSPS) is 12.1. The van der Waals surface area contributed by atoms with Gasteiger partial charge in [-0.25, -0.2) is 0 Å². The van der Waals surface area contributed by atoms with Crippen molar-refractivity contribution in [2.45, 2.75) is 13.0 Å². The minimum atomic E-state index is -0.759. The van der Waals surface area contributed by atoms with E-state index in [1.807, 2.05) is 30.3 Å². The summed E-state index contributed by atoms with van der Waals surface area (Å²) in [6.45, 7) is 1.67. The first-order chi connectivity index (χ1) is 8.59. The Bertz CT molecular complexity index is 567. The largest absolute Gasteiger partial charge is 0.384 e. The molecule has 0 bridgehead atoms. The van der Waals surface area contributed by atoms with Crippen molar-refractivity contribution >= 4 is 5.69 Å². The molecule has 0 heterocycles. The number of hydrogen-bond acceptors (Lipinski definition) is 3. The quantitative estimate of drug-likeness (QED) is 0.665. The molecule has 0 unspecified atom stereocenters. The van der Waals surface area contributed by atoms with Crippen LogP contribution in [0.4, 0.5) is 5.69 Å². The highest BCUT2D eigenvalue weighted by molar-refractivity contribution is 5.44. The van der Waals surface area contributed by atoms with E-state index < -0.39 is 11.0 Å². The van der Waals surface area contributed by atoms with E-state index in [9.17, 15) is 15.2 Å². The molecule has 0 aliphatic carbocycles. The average molecular weight is 243 g/mol. The molecule has 2 rings (SSSR count). The van der Waals surface area contributed by atoms with Gasteiger partial charge in [-0.1, -0.05) is 30.3 Å². The molecule has 0 saturated carbocycles. The van der Waals surface area contributed by atoms with Crippen molar-refractivity contribution in [3.8, 4) is 0 Å². The third-order valence-electron chi connectivity index (χ3n) is 2.85. The molecule has 0 amide bonds. The number of benzene rings is 2. The highest BCUT2D eigenvalue weighted by atomic mass is 16.6. The van der Waals surface area contributed by atoms with Crippen LogP contribution in [-0.4, -0.2) is 10.0 Å². The number of aliphatic hydroxyl groups excluding tert-OH is 1. The number of hydrogen-bond donors (Lipinski definition) is 1. The van der Waals surface area contributed by atoms with Gasteiger partial charge in [0.2, 0.25) is 0 Å². The third kappa shape index (κ3) is 2.38. The summed E-state index contributed by atoms with van der Waals surface area (Å²) in [6.07, 6.45) is -0.759. The lowest BCUT2D eigenvalue weighted by molar-refractivity contribution is -0.385. The number of aryl methyl sites for hydroxylation is 1. The van der Waals surface area contributed by atoms with Gasteiger partial charge in [0.1, 0.15) is 6.10 Å². The monoisotopic (exact) mass is 243 g/mol. The molecule has 4 nitrogen and oxygen atoms in total. The summed E-state index contributed by atoms with van der Waals surface area (Å²) in [5.41, 5.74) is 2.04. The Kier molecular flexibility index (Phi) is 3.39. The summed E-state index contributed by atoms with van der Waals surface area (Å²) in [5.74, 6) is 0. The van der Waals surface area contributed by atoms with Gasteiger partial charge in [0, 0.05) is 11.6 Å². The Labute approximate surface area is 105 Å². The van der Waals surface area contributed by atoms with Gasteiger partial charge < -0.3 is 5.11 Å². The standard InChI is InChI=1S/C14H13NO3/c1-10-9-12(7-8-13(10)15(17)18)14(16)11-5-3-2-4-6-11/h2-9,14,16H,1H3/t14-/m0/s1. The molecule has 18 heavy (non-hydrogen) atoms. The van der Waals surface area contributed by atoms with Gasteiger partial charge in [0.05, 0.1) is 4.92 Å². The Morgan fingerprint density at radius 1 is 1.11 bits per heavy atom. The smallest absolute Gasteiger partial charge is 0.272 e. The Morgan fingerprint density at radius 3 is 2.33 bits per heavy atom. The average Bonchev–Trinajstić information content (AvgIpc) is 2.38. The van der Waals surface area contributed by atoms with Gasteiger partial charge in [-0.2, -0.15) is 0 Å². The summed E-state index contributed by atoms with van der Waals surface area (Å²) in [6, 6.07) is 13.9. The Balaban J connectivity index is 2.35. The maximum atomic E-state index is 10.7. The molecule has 0 saturated heterocycles. The molecule has 0 radical (unpaired) electrons. The zero-order chi connectivity index (χ0) is 13.1. The van der Waals surface area contributed by atoms with Crippen molar-refractivity contribution in [1.29, 1.82) is 0 Å². The number of nitro groups is 1. The van der Waals surface area contributed by atoms with Crippen molar-refractivity contribution in [1.82, 2.24) is 0 Å². The molecule has 92 valence electrons. The second kappa shape index (κ2) is 4.98. The first-order valence-corrected chi connectivity index (χ1v) is 5.57. The summed E-state index contributed by atoms with van der Waals surface area (Å²) in [7, 11) is 0. The van der Waals surface area contributed by atoms with Crippen LogP contribution < -0.4 is 0 Å². The van der Waals surface area contributed by atoms with E-state index in [-0.39, 0.29) is 5.69 Å². The molecule has 2 aromatic rings. The molecular weight excluding hydrogens is 230 g/mol. The second-order valence-electron chi connectivity index (χ2n) is 4.12. The highest BCUT2D eigenvalue weighted by Gasteiger charge is 2.15. The lowest BCUT2D eigenvalue weighted by Gasteiger charge is -2.12. The molecule has 0 fully saturated rings. The first-order valence-electron chi connectivity index (χ1n) is 5.57. The van der Waals surface area contributed by atoms with Crippen LogP contribution in [0.25, 0.3) is 0 Å². The van der Waals surface area contributed by atoms with E-state index in [1.54, 1.807) is 19.1 Å². The fourth-order valence-electron chi connectivity index (χ4n) is 1.88. The topological polar surface area (TPSA) is 63.4 Å². The van der Waals surface area contributed by atoms with E-state index in [2.05, 4.69) is 0 Å². The van der Waals surface area contributed by atoms with E-state index in [4.69, 9.17) is 0 Å². The number of nitro benzene ring substituents is 1. The third-order valence-corrected chi connectivity index (χ3v) is 2.85. The van der Waals surface area contributed by atoms with Gasteiger partial charge in [-0.15, -0.1) is 0 Å². The summed E-state index contributed by atoms with van der Waals surface area (Å²) in [5, 5.41) is 20.9. The molecule has 2 aromatic carbocycles. The Hall–Kier alpha value is -2.20. The van der Waals surface area contributed by atoms with E-state index in [0.29, 0.717) is 11.1 Å². The predicted octanol–water partition coefficient (Wildman–Crippen LogP) is 2.98. The zero-order valence-corrected chi connectivity index (χ0v) is 9.91. The number of aliphatic hydroxyl groups is 1. The molecule has 1 N–H and O–H groups in total. The molecule has 0 spiro atoms. The van der Waals surface area contributed by atoms with Crippen LogP contribution in [0.5, 0.6) is 0 Å². The van der Waals surface area contributed by atoms with Crippen LogP contribution >= 0.6 is 0 Å². The molecule has 1 atom stereocenters. The minimum absolute atomic E-state index is 0.0685. The Morgan fingerprint density at radius 2 is 1.78 bits per heavy atom. The van der Waals surface area contributed by atoms with Gasteiger partial charge in [0.25, 0.3) is 5.69 Å². The molecular formula is C14H13NO3. The second-order valence-corrected chi connectivity index (χ2v) is 4.12. The van der Waals surface area contributed by atoms with Crippen molar-refractivity contribution < 1.29 is 10.0 Å². The van der Waals surface area contributed by atoms with Crippen molar-refractivity contribution in [2.24, 2.45) is 0 Å². The van der Waals surface area contributed by atoms with E-state index in [1.165, 1.54) is 6.07 Å². The van der Waals surface area contributed by atoms with Crippen LogP contribution in [0, 0.1) is 17.0 Å². The van der Waals surface area contributed by atoms with Crippen LogP contribution in [0.15, 0.2) is 48.5 Å².